The lowest BCUT2D eigenvalue weighted by Gasteiger charge is -2.37. The molecular formula is C75H106N12O27. The van der Waals surface area contributed by atoms with E-state index in [-0.39, 0.29) is 133 Å². The summed E-state index contributed by atoms with van der Waals surface area (Å²) in [6.07, 6.45) is -5.96. The van der Waals surface area contributed by atoms with Crippen LogP contribution in [0.3, 0.4) is 0 Å². The maximum atomic E-state index is 14.2. The average molecular weight is 1610 g/mol. The molecule has 12 atom stereocenters. The zero-order chi connectivity index (χ0) is 84.3. The van der Waals surface area contributed by atoms with Crippen LogP contribution < -0.4 is 48.1 Å². The van der Waals surface area contributed by atoms with Gasteiger partial charge in [0.2, 0.25) is 46.3 Å². The van der Waals surface area contributed by atoms with E-state index in [1.807, 2.05) is 0 Å². The van der Waals surface area contributed by atoms with Gasteiger partial charge < -0.3 is 103 Å². The standard InChI is InChI=1S/C75H106N12O27/c1-42(61(97)28-48(24-46-16-18-76-31-46)72(108)84-57(41-92)62(98)29-47(23-44-7-4-3-5-8-44)71(107)83-56(40-91)43(2)93)81-70(106)49(30-66(102)103)27-55-67(69(105)68(55)104)77-17-6-9-45-25-50-35-86(59(74(111)112)11-14-64(100)79-33-53(95)38-89)21-19-85(58(73(109)110)10-13-63(99)78-32-52(94)37-88)20-22-87(36-51(26-45)82-50)60(75(113)114)12-15-65(101)80-34-54(96)39-90/h3-5,7-8,16,18,25-26,31,42,47-49,52-54,56-60,76-77,88-92,94-96H,6,9-15,17,19-24,27-30,32-41H2,1-2H3,(H,78,99)(H,79,100)(H,80,101)(H,81,106)(H,83,107)(H,84,108)(H,102,103)(H,109,110)(H,111,112)(H,113,114)/t42-,47+,48+,49-,52?,53?,54?,56-,57-,58?,59?,60?/m0/s1. The lowest BCUT2D eigenvalue weighted by molar-refractivity contribution is -0.147. The topological polar surface area (TPSA) is 621 Å². The number of amides is 6. The van der Waals surface area contributed by atoms with Crippen molar-refractivity contribution in [3.8, 4) is 0 Å². The fourth-order valence-corrected chi connectivity index (χ4v) is 12.9. The third-order valence-electron chi connectivity index (χ3n) is 19.4. The summed E-state index contributed by atoms with van der Waals surface area (Å²) >= 11 is 0. The smallest absolute Gasteiger partial charge is 0.320 e. The number of nitrogens with zero attached hydrogens (tertiary/aromatic N) is 4. The number of aromatic nitrogens is 2. The average Bonchev–Trinajstić information content (AvgIpc) is 0.794. The Morgan fingerprint density at radius 3 is 1.39 bits per heavy atom. The number of nitrogens with one attached hydrogen (secondary N) is 8. The molecule has 39 heteroatoms. The van der Waals surface area contributed by atoms with Gasteiger partial charge >= 0.3 is 23.9 Å². The fourth-order valence-electron chi connectivity index (χ4n) is 12.9. The highest BCUT2D eigenvalue weighted by Crippen LogP contribution is 2.25. The van der Waals surface area contributed by atoms with Gasteiger partial charge in [-0.25, -0.2) is 0 Å². The number of fused-ring (bicyclic) bond motifs is 2. The van der Waals surface area contributed by atoms with Crippen molar-refractivity contribution in [2.75, 3.05) is 90.7 Å². The number of anilines is 1. The maximum Gasteiger partial charge on any atom is 0.320 e. The minimum atomic E-state index is -1.61. The van der Waals surface area contributed by atoms with Gasteiger partial charge in [0.25, 0.3) is 0 Å². The number of hydrogen-bond acceptors (Lipinski definition) is 28. The van der Waals surface area contributed by atoms with Gasteiger partial charge in [0.15, 0.2) is 17.3 Å². The predicted octanol–water partition coefficient (Wildman–Crippen LogP) is -5.60. The summed E-state index contributed by atoms with van der Waals surface area (Å²) in [4.78, 5) is 212. The lowest BCUT2D eigenvalue weighted by Crippen LogP contribution is -2.52. The van der Waals surface area contributed by atoms with Gasteiger partial charge in [-0.15, -0.1) is 0 Å². The summed E-state index contributed by atoms with van der Waals surface area (Å²) in [6.45, 7) is -4.36. The Balaban J connectivity index is 1.40. The van der Waals surface area contributed by atoms with Gasteiger partial charge in [-0.05, 0) is 100 Å². The van der Waals surface area contributed by atoms with Gasteiger partial charge in [0.1, 0.15) is 30.2 Å². The first-order chi connectivity index (χ1) is 54.2. The highest BCUT2D eigenvalue weighted by atomic mass is 16.4. The molecule has 2 aromatic heterocycles. The Morgan fingerprint density at radius 2 is 0.947 bits per heavy atom. The Labute approximate surface area is 655 Å². The van der Waals surface area contributed by atoms with Crippen LogP contribution in [0.25, 0.3) is 0 Å². The van der Waals surface area contributed by atoms with Crippen molar-refractivity contribution < 1.29 is 124 Å². The molecule has 114 heavy (non-hydrogen) atoms. The summed E-state index contributed by atoms with van der Waals surface area (Å²) < 4.78 is 0. The quantitative estimate of drug-likeness (QED) is 0.0145. The maximum absolute atomic E-state index is 14.2. The summed E-state index contributed by atoms with van der Waals surface area (Å²) in [7, 11) is 0. The first kappa shape index (κ1) is 94.4. The Kier molecular flexibility index (Phi) is 39.8. The number of Topliss-reactive ketones (excluding diaryl/α,β-unsaturated/α-hetero) is 3. The minimum Gasteiger partial charge on any atom is -0.481 e. The molecule has 4 aromatic rings. The third kappa shape index (κ3) is 31.3. The van der Waals surface area contributed by atoms with Crippen LogP contribution in [0.2, 0.25) is 0 Å². The highest BCUT2D eigenvalue weighted by molar-refractivity contribution is 5.97. The van der Waals surface area contributed by atoms with Crippen LogP contribution in [0.5, 0.6) is 0 Å². The second-order valence-electron chi connectivity index (χ2n) is 28.3. The molecule has 5 rings (SSSR count). The molecule has 39 nitrogen and oxygen atoms in total. The van der Waals surface area contributed by atoms with E-state index < -0.39 is 238 Å². The van der Waals surface area contributed by atoms with Crippen molar-refractivity contribution in [2.24, 2.45) is 17.8 Å². The van der Waals surface area contributed by atoms with Crippen molar-refractivity contribution in [2.45, 2.75) is 171 Å². The van der Waals surface area contributed by atoms with E-state index in [1.54, 1.807) is 54.7 Å². The number of carbonyl (C=O) groups is 13. The SMILES string of the molecule is CC(=O)[C@H](CO)NC(=O)[C@@H](CC(=O)[C@H](CO)NC(=O)[C@@H](CC(=O)[C@H](C)NC(=O)[C@H](CC(=O)O)Cc1c(NCCCc2cc3nc(c2)CN(C(CCC(=O)NCC(O)CO)C(=O)O)CCN(C(CCC(=O)NCC(O)CO)C(=O)O)CCN(C(CCC(=O)NCC(O)CO)C(=O)O)C3)c(=O)c1=O)Cc1cc[nH]c1)Cc1ccccc1. The molecule has 6 amide bonds. The number of H-pyrrole nitrogens is 1. The first-order valence-corrected chi connectivity index (χ1v) is 37.4. The van der Waals surface area contributed by atoms with Crippen LogP contribution in [0.15, 0.2) is 70.5 Å². The van der Waals surface area contributed by atoms with Crippen LogP contribution in [0, 0.1) is 17.8 Å². The van der Waals surface area contributed by atoms with Crippen molar-refractivity contribution in [1.29, 1.82) is 0 Å². The fraction of sp³-hybridized carbons (Fsp3) is 0.573. The zero-order valence-corrected chi connectivity index (χ0v) is 63.5. The number of carboxylic acids is 4. The van der Waals surface area contributed by atoms with Gasteiger partial charge in [-0.1, -0.05) is 30.3 Å². The Hall–Kier alpha value is -10.2. The van der Waals surface area contributed by atoms with Crippen molar-refractivity contribution in [3.63, 3.8) is 0 Å². The number of aromatic amines is 1. The highest BCUT2D eigenvalue weighted by Gasteiger charge is 2.38. The molecule has 0 radical (unpaired) electrons. The van der Waals surface area contributed by atoms with E-state index in [9.17, 15) is 133 Å². The number of carbonyl (C=O) groups excluding carboxylic acids is 9. The summed E-state index contributed by atoms with van der Waals surface area (Å²) in [5, 5.41) is 138. The number of pyridine rings is 1. The molecule has 20 N–H and O–H groups in total. The van der Waals surface area contributed by atoms with E-state index in [1.165, 1.54) is 27.8 Å². The lowest BCUT2D eigenvalue weighted by atomic mass is 9.89. The van der Waals surface area contributed by atoms with Crippen molar-refractivity contribution >= 4 is 82.4 Å². The third-order valence-corrected chi connectivity index (χ3v) is 19.4. The predicted molar refractivity (Wildman–Crippen MR) is 402 cm³/mol. The van der Waals surface area contributed by atoms with Crippen molar-refractivity contribution in [1.82, 2.24) is 56.6 Å². The van der Waals surface area contributed by atoms with E-state index in [2.05, 4.69) is 42.2 Å². The number of aliphatic hydroxyl groups is 8. The molecule has 628 valence electrons. The largest absolute Gasteiger partial charge is 0.481 e. The molecule has 6 unspecified atom stereocenters. The van der Waals surface area contributed by atoms with Crippen molar-refractivity contribution in [3.05, 3.63) is 115 Å². The molecule has 1 aliphatic heterocycles. The number of aliphatic hydroxyl groups excluding tert-OH is 8. The molecule has 3 heterocycles. The number of aliphatic carboxylic acids is 4. The van der Waals surface area contributed by atoms with E-state index in [0.717, 1.165) is 6.92 Å². The molecule has 0 saturated carbocycles. The van der Waals surface area contributed by atoms with Crippen LogP contribution in [-0.4, -0.2) is 303 Å². The molecule has 0 fully saturated rings. The number of carboxylic acid groups (broad SMARTS) is 4. The number of ketones is 3. The Morgan fingerprint density at radius 1 is 0.509 bits per heavy atom. The second kappa shape index (κ2) is 48.1. The van der Waals surface area contributed by atoms with E-state index in [0.29, 0.717) is 16.7 Å². The Bertz CT molecular complexity index is 3870. The number of aryl methyl sites for hydroxylation is 1. The number of rotatable bonds is 52. The molecule has 2 aromatic carbocycles. The van der Waals surface area contributed by atoms with Crippen LogP contribution in [0.1, 0.15) is 112 Å². The molecule has 0 aliphatic carbocycles. The first-order valence-electron chi connectivity index (χ1n) is 37.4. The molecule has 1 aliphatic rings. The van der Waals surface area contributed by atoms with Crippen LogP contribution in [-0.2, 0) is 101 Å². The van der Waals surface area contributed by atoms with Gasteiger partial charge in [0, 0.05) is 127 Å². The molecule has 0 spiro atoms. The number of benzene rings is 1. The minimum absolute atomic E-state index is 0.0199. The second-order valence-corrected chi connectivity index (χ2v) is 28.3. The molecular weight excluding hydrogens is 1500 g/mol. The summed E-state index contributed by atoms with van der Waals surface area (Å²) in [5.74, 6) is -16.7. The van der Waals surface area contributed by atoms with Crippen LogP contribution in [0.4, 0.5) is 5.69 Å². The van der Waals surface area contributed by atoms with Gasteiger partial charge in [-0.2, -0.15) is 0 Å². The molecule has 0 saturated heterocycles. The van der Waals surface area contributed by atoms with Crippen LogP contribution >= 0.6 is 0 Å². The normalized spacial score (nSPS) is 16.2. The van der Waals surface area contributed by atoms with Gasteiger partial charge in [-0.3, -0.25) is 91.6 Å². The summed E-state index contributed by atoms with van der Waals surface area (Å²) in [6, 6.07) is 4.42. The van der Waals surface area contributed by atoms with E-state index in [4.69, 9.17) is 4.98 Å². The number of hydrogen-bond donors (Lipinski definition) is 20. The van der Waals surface area contributed by atoms with E-state index >= 15 is 0 Å². The monoisotopic (exact) mass is 1610 g/mol. The summed E-state index contributed by atoms with van der Waals surface area (Å²) in [5.41, 5.74) is -0.602. The molecule has 2 bridgehead atoms. The zero-order valence-electron chi connectivity index (χ0n) is 63.5. The van der Waals surface area contributed by atoms with Gasteiger partial charge in [0.05, 0.1) is 86.8 Å².